The first-order valence-electron chi connectivity index (χ1n) is 7.12. The number of phenols is 2. The predicted molar refractivity (Wildman–Crippen MR) is 98.9 cm³/mol. The number of morpholine rings is 1. The molecule has 7 nitrogen and oxygen atoms in total. The van der Waals surface area contributed by atoms with E-state index in [-0.39, 0.29) is 36.3 Å². The monoisotopic (exact) mass is 394 g/mol. The van der Waals surface area contributed by atoms with Crippen LogP contribution >= 0.6 is 36.2 Å². The van der Waals surface area contributed by atoms with Crippen molar-refractivity contribution in [3.8, 4) is 22.1 Å². The van der Waals surface area contributed by atoms with Gasteiger partial charge in [0.2, 0.25) is 5.13 Å². The van der Waals surface area contributed by atoms with Crippen LogP contribution in [-0.2, 0) is 4.74 Å². The highest BCUT2D eigenvalue weighted by Crippen LogP contribution is 2.32. The standard InChI is InChI=1S/C14H18N4O3S.2ClH/c19-11-2-1-10(9-12(11)20)13-16-17-14(22-13)15-3-4-18-5-7-21-8-6-18;;/h1-2,9,19-20H,3-8H2,(H,15,17);2*1H. The van der Waals surface area contributed by atoms with Crippen LogP contribution in [0.4, 0.5) is 5.13 Å². The first kappa shape index (κ1) is 20.7. The third-order valence-corrected chi connectivity index (χ3v) is 4.39. The maximum Gasteiger partial charge on any atom is 0.206 e. The van der Waals surface area contributed by atoms with Gasteiger partial charge in [0.1, 0.15) is 5.01 Å². The number of aromatic nitrogens is 2. The molecule has 1 aromatic carbocycles. The lowest BCUT2D eigenvalue weighted by molar-refractivity contribution is 0.0398. The van der Waals surface area contributed by atoms with Crippen LogP contribution in [0.5, 0.6) is 11.5 Å². The zero-order chi connectivity index (χ0) is 15.4. The molecule has 10 heteroatoms. The zero-order valence-electron chi connectivity index (χ0n) is 12.8. The molecule has 1 saturated heterocycles. The van der Waals surface area contributed by atoms with Gasteiger partial charge < -0.3 is 20.3 Å². The molecule has 0 radical (unpaired) electrons. The SMILES string of the molecule is Cl.Cl.Oc1ccc(-c2nnc(NCCN3CCOCC3)s2)cc1O. The van der Waals surface area contributed by atoms with Crippen molar-refractivity contribution in [2.45, 2.75) is 0 Å². The van der Waals surface area contributed by atoms with Gasteiger partial charge in [-0.15, -0.1) is 35.0 Å². The number of phenolic OH excluding ortho intramolecular Hbond substituents is 2. The molecule has 0 atom stereocenters. The Morgan fingerprint density at radius 1 is 1.12 bits per heavy atom. The van der Waals surface area contributed by atoms with Crippen molar-refractivity contribution in [2.24, 2.45) is 0 Å². The minimum absolute atomic E-state index is 0. The van der Waals surface area contributed by atoms with E-state index in [9.17, 15) is 10.2 Å². The van der Waals surface area contributed by atoms with E-state index < -0.39 is 0 Å². The number of ether oxygens (including phenoxy) is 1. The predicted octanol–water partition coefficient (Wildman–Crippen LogP) is 2.20. The van der Waals surface area contributed by atoms with Crippen LogP contribution in [0.1, 0.15) is 0 Å². The van der Waals surface area contributed by atoms with E-state index in [0.29, 0.717) is 5.01 Å². The number of benzene rings is 1. The molecule has 134 valence electrons. The summed E-state index contributed by atoms with van der Waals surface area (Å²) in [6, 6.07) is 4.62. The molecule has 0 bridgehead atoms. The van der Waals surface area contributed by atoms with Crippen LogP contribution in [0.2, 0.25) is 0 Å². The molecule has 2 aromatic rings. The number of hydrogen-bond donors (Lipinski definition) is 3. The molecule has 24 heavy (non-hydrogen) atoms. The minimum Gasteiger partial charge on any atom is -0.504 e. The Morgan fingerprint density at radius 2 is 1.88 bits per heavy atom. The summed E-state index contributed by atoms with van der Waals surface area (Å²) in [5, 5.41) is 31.8. The van der Waals surface area contributed by atoms with Crippen LogP contribution < -0.4 is 5.32 Å². The summed E-state index contributed by atoms with van der Waals surface area (Å²) in [5.41, 5.74) is 0.731. The zero-order valence-corrected chi connectivity index (χ0v) is 15.3. The lowest BCUT2D eigenvalue weighted by Crippen LogP contribution is -2.38. The Balaban J connectivity index is 0.00000144. The van der Waals surface area contributed by atoms with Crippen LogP contribution in [-0.4, -0.2) is 64.7 Å². The quantitative estimate of drug-likeness (QED) is 0.669. The van der Waals surface area contributed by atoms with Gasteiger partial charge in [-0.3, -0.25) is 4.90 Å². The highest BCUT2D eigenvalue weighted by Gasteiger charge is 2.11. The minimum atomic E-state index is -0.158. The van der Waals surface area contributed by atoms with Crippen molar-refractivity contribution in [1.82, 2.24) is 15.1 Å². The van der Waals surface area contributed by atoms with Crippen molar-refractivity contribution < 1.29 is 14.9 Å². The van der Waals surface area contributed by atoms with Gasteiger partial charge in [-0.2, -0.15) is 0 Å². The molecule has 3 N–H and O–H groups in total. The molecule has 0 spiro atoms. The van der Waals surface area contributed by atoms with Crippen molar-refractivity contribution in [1.29, 1.82) is 0 Å². The summed E-state index contributed by atoms with van der Waals surface area (Å²) in [6.45, 7) is 5.28. The van der Waals surface area contributed by atoms with Gasteiger partial charge in [0.15, 0.2) is 11.5 Å². The molecule has 1 aliphatic rings. The smallest absolute Gasteiger partial charge is 0.206 e. The van der Waals surface area contributed by atoms with Gasteiger partial charge >= 0.3 is 0 Å². The molecule has 0 amide bonds. The molecule has 0 aliphatic carbocycles. The van der Waals surface area contributed by atoms with E-state index in [4.69, 9.17) is 4.74 Å². The van der Waals surface area contributed by atoms with Crippen LogP contribution in [0.15, 0.2) is 18.2 Å². The number of rotatable bonds is 5. The van der Waals surface area contributed by atoms with E-state index in [1.54, 1.807) is 6.07 Å². The first-order valence-corrected chi connectivity index (χ1v) is 7.94. The molecule has 1 fully saturated rings. The van der Waals surface area contributed by atoms with Gasteiger partial charge in [0.05, 0.1) is 13.2 Å². The van der Waals surface area contributed by atoms with E-state index in [1.165, 1.54) is 23.5 Å². The second-order valence-corrected chi connectivity index (χ2v) is 5.97. The fraction of sp³-hybridized carbons (Fsp3) is 0.429. The summed E-state index contributed by atoms with van der Waals surface area (Å²) >= 11 is 1.42. The Bertz CT molecular complexity index is 638. The van der Waals surface area contributed by atoms with Crippen molar-refractivity contribution in [3.05, 3.63) is 18.2 Å². The average Bonchev–Trinajstić information content (AvgIpc) is 3.00. The molecule has 3 rings (SSSR count). The summed E-state index contributed by atoms with van der Waals surface area (Å²) in [4.78, 5) is 2.34. The van der Waals surface area contributed by atoms with Crippen molar-refractivity contribution >= 4 is 41.3 Å². The number of anilines is 1. The maximum absolute atomic E-state index is 9.53. The summed E-state index contributed by atoms with van der Waals surface area (Å²) in [6.07, 6.45) is 0. The second-order valence-electron chi connectivity index (χ2n) is 5.00. The van der Waals surface area contributed by atoms with Crippen LogP contribution in [0, 0.1) is 0 Å². The number of nitrogens with one attached hydrogen (secondary N) is 1. The average molecular weight is 395 g/mol. The third-order valence-electron chi connectivity index (χ3n) is 3.46. The van der Waals surface area contributed by atoms with E-state index >= 15 is 0 Å². The molecular formula is C14H20Cl2N4O3S. The molecule has 2 heterocycles. The summed E-state index contributed by atoms with van der Waals surface area (Å²) in [5.74, 6) is -0.299. The van der Waals surface area contributed by atoms with Gasteiger partial charge in [-0.25, -0.2) is 0 Å². The largest absolute Gasteiger partial charge is 0.504 e. The number of aromatic hydroxyl groups is 2. The number of nitrogens with zero attached hydrogens (tertiary/aromatic N) is 3. The molecule has 0 unspecified atom stereocenters. The molecule has 0 saturated carbocycles. The highest BCUT2D eigenvalue weighted by atomic mass is 35.5. The van der Waals surface area contributed by atoms with Gasteiger partial charge in [0, 0.05) is 31.7 Å². The Kier molecular flexibility index (Phi) is 8.51. The van der Waals surface area contributed by atoms with Gasteiger partial charge in [-0.05, 0) is 18.2 Å². The highest BCUT2D eigenvalue weighted by molar-refractivity contribution is 7.18. The van der Waals surface area contributed by atoms with Gasteiger partial charge in [-0.1, -0.05) is 11.3 Å². The lowest BCUT2D eigenvalue weighted by atomic mass is 10.2. The van der Waals surface area contributed by atoms with Crippen molar-refractivity contribution in [3.63, 3.8) is 0 Å². The van der Waals surface area contributed by atoms with Gasteiger partial charge in [0.25, 0.3) is 0 Å². The lowest BCUT2D eigenvalue weighted by Gasteiger charge is -2.26. The fourth-order valence-electron chi connectivity index (χ4n) is 2.21. The molecular weight excluding hydrogens is 375 g/mol. The molecule has 1 aliphatic heterocycles. The molecule has 1 aromatic heterocycles. The van der Waals surface area contributed by atoms with Crippen LogP contribution in [0.3, 0.4) is 0 Å². The number of hydrogen-bond acceptors (Lipinski definition) is 8. The van der Waals surface area contributed by atoms with E-state index in [0.717, 1.165) is 50.1 Å². The maximum atomic E-state index is 9.53. The topological polar surface area (TPSA) is 90.7 Å². The normalized spacial score (nSPS) is 14.5. The first-order chi connectivity index (χ1) is 10.7. The van der Waals surface area contributed by atoms with E-state index in [1.807, 2.05) is 0 Å². The fourth-order valence-corrected chi connectivity index (χ4v) is 2.98. The Hall–Kier alpha value is -1.32. The van der Waals surface area contributed by atoms with E-state index in [2.05, 4.69) is 20.4 Å². The summed E-state index contributed by atoms with van der Waals surface area (Å²) < 4.78 is 5.31. The third kappa shape index (κ3) is 5.35. The Morgan fingerprint density at radius 3 is 2.58 bits per heavy atom. The number of halogens is 2. The van der Waals surface area contributed by atoms with Crippen LogP contribution in [0.25, 0.3) is 10.6 Å². The van der Waals surface area contributed by atoms with Crippen molar-refractivity contribution in [2.75, 3.05) is 44.7 Å². The Labute approximate surface area is 156 Å². The second kappa shape index (κ2) is 9.85. The summed E-state index contributed by atoms with van der Waals surface area (Å²) in [7, 11) is 0.